The summed E-state index contributed by atoms with van der Waals surface area (Å²) in [4.78, 5) is 19.1. The molecule has 0 saturated heterocycles. The Balaban J connectivity index is 2.14. The highest BCUT2D eigenvalue weighted by Crippen LogP contribution is 2.19. The van der Waals surface area contributed by atoms with Crippen LogP contribution in [-0.2, 0) is 0 Å². The molecule has 0 aliphatic carbocycles. The molecule has 5 nitrogen and oxygen atoms in total. The first-order valence-electron chi connectivity index (χ1n) is 7.06. The molecule has 0 saturated carbocycles. The summed E-state index contributed by atoms with van der Waals surface area (Å²) in [6.07, 6.45) is 1.47. The zero-order valence-corrected chi connectivity index (χ0v) is 12.7. The van der Waals surface area contributed by atoms with Gasteiger partial charge in [-0.25, -0.2) is 9.37 Å². The zero-order valence-electron chi connectivity index (χ0n) is 12.7. The largest absolute Gasteiger partial charge is 0.497 e. The van der Waals surface area contributed by atoms with Crippen LogP contribution in [0.5, 0.6) is 5.75 Å². The lowest BCUT2D eigenvalue weighted by atomic mass is 10.1. The number of methoxy groups -OCH3 is 1. The average Bonchev–Trinajstić information content (AvgIpc) is 2.59. The van der Waals surface area contributed by atoms with Crippen molar-refractivity contribution in [3.8, 4) is 11.8 Å². The van der Waals surface area contributed by atoms with Crippen molar-refractivity contribution >= 4 is 22.6 Å². The number of rotatable bonds is 3. The summed E-state index contributed by atoms with van der Waals surface area (Å²) < 4.78 is 18.4. The molecule has 0 spiro atoms. The topological polar surface area (TPSA) is 78.8 Å². The van der Waals surface area contributed by atoms with Crippen LogP contribution in [0.25, 0.3) is 22.6 Å². The molecule has 0 amide bonds. The number of hydrogen-bond acceptors (Lipinski definition) is 4. The van der Waals surface area contributed by atoms with Crippen molar-refractivity contribution in [2.75, 3.05) is 7.11 Å². The van der Waals surface area contributed by atoms with Crippen LogP contribution in [0.1, 0.15) is 11.4 Å². The van der Waals surface area contributed by atoms with Gasteiger partial charge in [-0.2, -0.15) is 5.26 Å². The first kappa shape index (κ1) is 15.4. The molecule has 0 fully saturated rings. The minimum atomic E-state index is -0.409. The van der Waals surface area contributed by atoms with Crippen LogP contribution < -0.4 is 10.3 Å². The molecule has 1 N–H and O–H groups in total. The second kappa shape index (κ2) is 6.34. The third-order valence-corrected chi connectivity index (χ3v) is 3.45. The highest BCUT2D eigenvalue weighted by Gasteiger charge is 2.09. The molecule has 118 valence electrons. The number of hydrogen-bond donors (Lipinski definition) is 1. The second-order valence-electron chi connectivity index (χ2n) is 5.02. The molecule has 1 heterocycles. The molecule has 3 rings (SSSR count). The van der Waals surface area contributed by atoms with Gasteiger partial charge in [0.05, 0.1) is 23.6 Å². The molecular weight excluding hydrogens is 309 g/mol. The van der Waals surface area contributed by atoms with Crippen LogP contribution >= 0.6 is 0 Å². The van der Waals surface area contributed by atoms with E-state index in [0.717, 1.165) is 0 Å². The first-order chi connectivity index (χ1) is 11.6. The third-order valence-electron chi connectivity index (χ3n) is 3.45. The lowest BCUT2D eigenvalue weighted by Gasteiger charge is -2.04. The van der Waals surface area contributed by atoms with Gasteiger partial charge in [-0.05, 0) is 42.0 Å². The highest BCUT2D eigenvalue weighted by atomic mass is 19.1. The summed E-state index contributed by atoms with van der Waals surface area (Å²) in [5, 5.41) is 9.72. The normalized spacial score (nSPS) is 11.3. The van der Waals surface area contributed by atoms with Crippen molar-refractivity contribution in [2.24, 2.45) is 0 Å². The molecule has 6 heteroatoms. The molecule has 0 bridgehead atoms. The molecular formula is C18H12FN3O2. The molecule has 0 aliphatic heterocycles. The van der Waals surface area contributed by atoms with Crippen molar-refractivity contribution < 1.29 is 9.13 Å². The van der Waals surface area contributed by atoms with Gasteiger partial charge in [-0.15, -0.1) is 0 Å². The van der Waals surface area contributed by atoms with E-state index in [-0.39, 0.29) is 17.0 Å². The van der Waals surface area contributed by atoms with Crippen LogP contribution in [0.2, 0.25) is 0 Å². The van der Waals surface area contributed by atoms with Crippen molar-refractivity contribution in [1.82, 2.24) is 9.97 Å². The van der Waals surface area contributed by atoms with Gasteiger partial charge in [0, 0.05) is 0 Å². The number of H-pyrrole nitrogens is 1. The number of ether oxygens (including phenoxy) is 1. The van der Waals surface area contributed by atoms with E-state index < -0.39 is 5.82 Å². The van der Waals surface area contributed by atoms with Gasteiger partial charge in [0.25, 0.3) is 5.56 Å². The van der Waals surface area contributed by atoms with Gasteiger partial charge in [-0.1, -0.05) is 12.1 Å². The number of benzene rings is 2. The van der Waals surface area contributed by atoms with Crippen molar-refractivity contribution in [1.29, 1.82) is 5.26 Å². The molecule has 2 aromatic carbocycles. The number of aromatic amines is 1. The fourth-order valence-electron chi connectivity index (χ4n) is 2.29. The summed E-state index contributed by atoms with van der Waals surface area (Å²) in [5.41, 5.74) is 0.698. The number of nitriles is 1. The number of allylic oxidation sites excluding steroid dienone is 1. The Labute approximate surface area is 136 Å². The Morgan fingerprint density at radius 2 is 2.17 bits per heavy atom. The fraction of sp³-hybridized carbons (Fsp3) is 0.0556. The van der Waals surface area contributed by atoms with E-state index >= 15 is 0 Å². The number of halogens is 1. The van der Waals surface area contributed by atoms with Crippen LogP contribution in [0.3, 0.4) is 0 Å². The Bertz CT molecular complexity index is 1050. The Morgan fingerprint density at radius 1 is 1.33 bits per heavy atom. The third kappa shape index (κ3) is 3.01. The molecule has 0 radical (unpaired) electrons. The van der Waals surface area contributed by atoms with Gasteiger partial charge < -0.3 is 9.72 Å². The number of nitrogens with zero attached hydrogens (tertiary/aromatic N) is 2. The molecule has 0 atom stereocenters. The second-order valence-corrected chi connectivity index (χ2v) is 5.02. The summed E-state index contributed by atoms with van der Waals surface area (Å²) >= 11 is 0. The molecule has 3 aromatic rings. The van der Waals surface area contributed by atoms with Gasteiger partial charge in [0.2, 0.25) is 0 Å². The maximum absolute atomic E-state index is 13.3. The van der Waals surface area contributed by atoms with Crippen LogP contribution in [0, 0.1) is 17.1 Å². The first-order valence-corrected chi connectivity index (χ1v) is 7.06. The molecule has 1 aromatic heterocycles. The summed E-state index contributed by atoms with van der Waals surface area (Å²) in [7, 11) is 1.51. The maximum Gasteiger partial charge on any atom is 0.259 e. The summed E-state index contributed by atoms with van der Waals surface area (Å²) in [6, 6.07) is 12.7. The number of fused-ring (bicyclic) bond motifs is 1. The molecule has 24 heavy (non-hydrogen) atoms. The predicted molar refractivity (Wildman–Crippen MR) is 88.8 cm³/mol. The fourth-order valence-corrected chi connectivity index (χ4v) is 2.29. The van der Waals surface area contributed by atoms with E-state index in [0.29, 0.717) is 22.2 Å². The lowest BCUT2D eigenvalue weighted by molar-refractivity contribution is 0.415. The van der Waals surface area contributed by atoms with E-state index in [9.17, 15) is 14.4 Å². The number of nitrogens with one attached hydrogen (secondary N) is 1. The van der Waals surface area contributed by atoms with Crippen molar-refractivity contribution in [2.45, 2.75) is 0 Å². The Morgan fingerprint density at radius 3 is 2.88 bits per heavy atom. The van der Waals surface area contributed by atoms with Gasteiger partial charge in [0.15, 0.2) is 5.82 Å². The van der Waals surface area contributed by atoms with Crippen LogP contribution in [0.15, 0.2) is 47.3 Å². The maximum atomic E-state index is 13.3. The van der Waals surface area contributed by atoms with E-state index in [1.165, 1.54) is 25.3 Å². The van der Waals surface area contributed by atoms with E-state index in [1.54, 1.807) is 30.3 Å². The van der Waals surface area contributed by atoms with Gasteiger partial charge in [0.1, 0.15) is 17.6 Å². The predicted octanol–water partition coefficient (Wildman–Crippen LogP) is 3.13. The smallest absolute Gasteiger partial charge is 0.259 e. The summed E-state index contributed by atoms with van der Waals surface area (Å²) in [6.45, 7) is 0. The quantitative estimate of drug-likeness (QED) is 0.752. The molecule has 0 aliphatic rings. The highest BCUT2D eigenvalue weighted by molar-refractivity contribution is 5.89. The van der Waals surface area contributed by atoms with Gasteiger partial charge >= 0.3 is 0 Å². The van der Waals surface area contributed by atoms with Crippen molar-refractivity contribution in [3.63, 3.8) is 0 Å². The number of aromatic nitrogens is 2. The SMILES string of the molecule is COc1ccc2nc(C(C#N)=Cc3cccc(F)c3)[nH]c(=O)c2c1. The Hall–Kier alpha value is -3.46. The standard InChI is InChI=1S/C18H12FN3O2/c1-24-14-5-6-16-15(9-14)18(23)22-17(21-16)12(10-20)7-11-3-2-4-13(19)8-11/h2-9H,1H3,(H,21,22,23). The molecule has 0 unspecified atom stereocenters. The minimum Gasteiger partial charge on any atom is -0.497 e. The van der Waals surface area contributed by atoms with E-state index in [4.69, 9.17) is 4.74 Å². The monoisotopic (exact) mass is 321 g/mol. The van der Waals surface area contributed by atoms with Gasteiger partial charge in [-0.3, -0.25) is 4.79 Å². The van der Waals surface area contributed by atoms with E-state index in [2.05, 4.69) is 9.97 Å². The van der Waals surface area contributed by atoms with Crippen molar-refractivity contribution in [3.05, 3.63) is 70.0 Å². The lowest BCUT2D eigenvalue weighted by Crippen LogP contribution is -2.11. The average molecular weight is 321 g/mol. The summed E-state index contributed by atoms with van der Waals surface area (Å²) in [5.74, 6) is 0.260. The Kier molecular flexibility index (Phi) is 4.08. The minimum absolute atomic E-state index is 0.129. The zero-order chi connectivity index (χ0) is 17.1. The van der Waals surface area contributed by atoms with Crippen LogP contribution in [0.4, 0.5) is 4.39 Å². The van der Waals surface area contributed by atoms with Crippen LogP contribution in [-0.4, -0.2) is 17.1 Å². The van der Waals surface area contributed by atoms with E-state index in [1.807, 2.05) is 6.07 Å².